The number of carbonyl (C=O) groups excluding carboxylic acids is 1. The van der Waals surface area contributed by atoms with Crippen LogP contribution >= 0.6 is 11.9 Å². The number of benzene rings is 1. The van der Waals surface area contributed by atoms with E-state index in [9.17, 15) is 4.79 Å². The fourth-order valence-corrected chi connectivity index (χ4v) is 1.73. The number of carbonyl (C=O) groups is 1. The van der Waals surface area contributed by atoms with Crippen LogP contribution in [0.1, 0.15) is 16.1 Å². The molecule has 0 spiro atoms. The normalized spacial score (nSPS) is 10.5. The summed E-state index contributed by atoms with van der Waals surface area (Å²) in [4.78, 5) is 18.4. The molecule has 1 heterocycles. The molecule has 0 aliphatic rings. The predicted molar refractivity (Wildman–Crippen MR) is 77.7 cm³/mol. The lowest BCUT2D eigenvalue weighted by molar-refractivity contribution is 0.108. The summed E-state index contributed by atoms with van der Waals surface area (Å²) >= 11 is 0.899. The Morgan fingerprint density at radius 3 is 2.74 bits per heavy atom. The van der Waals surface area contributed by atoms with Crippen molar-refractivity contribution in [2.24, 2.45) is 5.10 Å². The molecule has 0 unspecified atom stereocenters. The number of hydrazone groups is 1. The highest BCUT2D eigenvalue weighted by atomic mass is 32.2. The van der Waals surface area contributed by atoms with E-state index in [0.717, 1.165) is 17.6 Å². The second kappa shape index (κ2) is 6.55. The van der Waals surface area contributed by atoms with E-state index in [-0.39, 0.29) is 5.12 Å². The number of hydrogen-bond acceptors (Lipinski definition) is 6. The van der Waals surface area contributed by atoms with Crippen molar-refractivity contribution < 1.29 is 4.79 Å². The summed E-state index contributed by atoms with van der Waals surface area (Å²) < 4.78 is 0. The number of rotatable bonds is 4. The molecule has 0 saturated heterocycles. The van der Waals surface area contributed by atoms with Gasteiger partial charge < -0.3 is 5.73 Å². The summed E-state index contributed by atoms with van der Waals surface area (Å²) in [6.07, 6.45) is 3.22. The van der Waals surface area contributed by atoms with Gasteiger partial charge in [-0.3, -0.25) is 9.78 Å². The minimum absolute atomic E-state index is 0.127. The highest BCUT2D eigenvalue weighted by Crippen LogP contribution is 2.11. The van der Waals surface area contributed by atoms with Gasteiger partial charge in [0.2, 0.25) is 5.12 Å². The van der Waals surface area contributed by atoms with E-state index in [0.29, 0.717) is 11.3 Å². The standard InChI is InChI=1S/C13H12N4OS/c14-11-6-4-10(5-7-11)13(18)19-17-16-9-12-3-1-2-8-15-12/h1-9,17H,14H2. The van der Waals surface area contributed by atoms with Gasteiger partial charge in [-0.2, -0.15) is 5.10 Å². The van der Waals surface area contributed by atoms with Crippen molar-refractivity contribution >= 4 is 29.0 Å². The van der Waals surface area contributed by atoms with Crippen LogP contribution < -0.4 is 10.6 Å². The zero-order valence-corrected chi connectivity index (χ0v) is 10.8. The van der Waals surface area contributed by atoms with Crippen LogP contribution in [0.3, 0.4) is 0 Å². The average Bonchev–Trinajstić information content (AvgIpc) is 2.45. The van der Waals surface area contributed by atoms with Gasteiger partial charge in [-0.15, -0.1) is 0 Å². The first-order chi connectivity index (χ1) is 9.25. The number of anilines is 1. The number of nitrogen functional groups attached to an aromatic ring is 1. The SMILES string of the molecule is Nc1ccc(C(=O)SNN=Cc2ccccn2)cc1. The monoisotopic (exact) mass is 272 g/mol. The molecule has 0 atom stereocenters. The molecule has 2 aromatic rings. The van der Waals surface area contributed by atoms with Crippen molar-refractivity contribution in [1.29, 1.82) is 0 Å². The van der Waals surface area contributed by atoms with E-state index in [1.54, 1.807) is 36.7 Å². The van der Waals surface area contributed by atoms with Gasteiger partial charge in [-0.05, 0) is 36.4 Å². The molecule has 6 heteroatoms. The van der Waals surface area contributed by atoms with Gasteiger partial charge in [0, 0.05) is 29.4 Å². The van der Waals surface area contributed by atoms with Crippen molar-refractivity contribution in [3.05, 3.63) is 59.9 Å². The van der Waals surface area contributed by atoms with Crippen LogP contribution in [0.2, 0.25) is 0 Å². The first kappa shape index (κ1) is 13.1. The first-order valence-electron chi connectivity index (χ1n) is 5.51. The molecule has 0 saturated carbocycles. The largest absolute Gasteiger partial charge is 0.399 e. The molecule has 1 aromatic heterocycles. The number of nitrogens with zero attached hydrogens (tertiary/aromatic N) is 2. The third kappa shape index (κ3) is 4.11. The van der Waals surface area contributed by atoms with E-state index in [2.05, 4.69) is 14.9 Å². The molecule has 2 rings (SSSR count). The zero-order valence-electron chi connectivity index (χ0n) is 9.98. The topological polar surface area (TPSA) is 80.4 Å². The number of pyridine rings is 1. The van der Waals surface area contributed by atoms with E-state index < -0.39 is 0 Å². The summed E-state index contributed by atoms with van der Waals surface area (Å²) in [5.74, 6) is 0. The Morgan fingerprint density at radius 2 is 2.05 bits per heavy atom. The van der Waals surface area contributed by atoms with Gasteiger partial charge in [0.25, 0.3) is 0 Å². The lowest BCUT2D eigenvalue weighted by Crippen LogP contribution is -2.02. The number of nitrogens with two attached hydrogens (primary N) is 1. The molecule has 1 aromatic carbocycles. The lowest BCUT2D eigenvalue weighted by Gasteiger charge is -1.99. The van der Waals surface area contributed by atoms with E-state index >= 15 is 0 Å². The third-order valence-electron chi connectivity index (χ3n) is 2.22. The van der Waals surface area contributed by atoms with Crippen molar-refractivity contribution in [3.63, 3.8) is 0 Å². The molecule has 0 fully saturated rings. The minimum atomic E-state index is -0.127. The molecule has 0 aliphatic heterocycles. The average molecular weight is 272 g/mol. The van der Waals surface area contributed by atoms with Crippen LogP contribution in [-0.4, -0.2) is 16.3 Å². The van der Waals surface area contributed by atoms with Crippen LogP contribution in [-0.2, 0) is 0 Å². The van der Waals surface area contributed by atoms with Gasteiger partial charge in [0.05, 0.1) is 11.9 Å². The molecule has 0 bridgehead atoms. The molecule has 5 nitrogen and oxygen atoms in total. The number of aromatic nitrogens is 1. The Morgan fingerprint density at radius 1 is 1.26 bits per heavy atom. The lowest BCUT2D eigenvalue weighted by atomic mass is 10.2. The Labute approximate surface area is 115 Å². The third-order valence-corrected chi connectivity index (χ3v) is 2.84. The summed E-state index contributed by atoms with van der Waals surface area (Å²) in [6, 6.07) is 12.2. The summed E-state index contributed by atoms with van der Waals surface area (Å²) in [5.41, 5.74) is 7.46. The van der Waals surface area contributed by atoms with Gasteiger partial charge in [0.1, 0.15) is 0 Å². The zero-order chi connectivity index (χ0) is 13.5. The van der Waals surface area contributed by atoms with Crippen LogP contribution in [0.15, 0.2) is 53.8 Å². The predicted octanol–water partition coefficient (Wildman–Crippen LogP) is 2.08. The molecule has 0 radical (unpaired) electrons. The summed E-state index contributed by atoms with van der Waals surface area (Å²) in [7, 11) is 0. The quantitative estimate of drug-likeness (QED) is 0.385. The highest BCUT2D eigenvalue weighted by molar-refractivity contribution is 8.12. The molecule has 0 amide bonds. The molecule has 3 N–H and O–H groups in total. The van der Waals surface area contributed by atoms with Crippen LogP contribution in [0, 0.1) is 0 Å². The Hall–Kier alpha value is -2.34. The summed E-state index contributed by atoms with van der Waals surface area (Å²) in [6.45, 7) is 0. The molecular formula is C13H12N4OS. The molecule has 0 aliphatic carbocycles. The van der Waals surface area contributed by atoms with Crippen molar-refractivity contribution in [2.75, 3.05) is 5.73 Å². The maximum Gasteiger partial charge on any atom is 0.240 e. The van der Waals surface area contributed by atoms with Crippen molar-refractivity contribution in [1.82, 2.24) is 9.82 Å². The van der Waals surface area contributed by atoms with Crippen LogP contribution in [0.5, 0.6) is 0 Å². The number of hydrogen-bond donors (Lipinski definition) is 2. The first-order valence-corrected chi connectivity index (χ1v) is 6.33. The second-order valence-corrected chi connectivity index (χ2v) is 4.37. The van der Waals surface area contributed by atoms with Crippen molar-refractivity contribution in [3.8, 4) is 0 Å². The van der Waals surface area contributed by atoms with Gasteiger partial charge in [0.15, 0.2) is 0 Å². The Kier molecular flexibility index (Phi) is 4.52. The second-order valence-electron chi connectivity index (χ2n) is 3.62. The van der Waals surface area contributed by atoms with E-state index in [1.165, 1.54) is 0 Å². The smallest absolute Gasteiger partial charge is 0.240 e. The fourth-order valence-electron chi connectivity index (χ4n) is 1.29. The highest BCUT2D eigenvalue weighted by Gasteiger charge is 2.05. The molecular weight excluding hydrogens is 260 g/mol. The maximum absolute atomic E-state index is 11.7. The number of nitrogens with one attached hydrogen (secondary N) is 1. The van der Waals surface area contributed by atoms with Gasteiger partial charge >= 0.3 is 0 Å². The van der Waals surface area contributed by atoms with E-state index in [4.69, 9.17) is 5.73 Å². The van der Waals surface area contributed by atoms with Gasteiger partial charge in [-0.1, -0.05) is 6.07 Å². The van der Waals surface area contributed by atoms with Gasteiger partial charge in [-0.25, -0.2) is 4.83 Å². The fraction of sp³-hybridized carbons (Fsp3) is 0. The van der Waals surface area contributed by atoms with Crippen LogP contribution in [0.4, 0.5) is 5.69 Å². The molecule has 19 heavy (non-hydrogen) atoms. The Bertz CT molecular complexity index is 569. The summed E-state index contributed by atoms with van der Waals surface area (Å²) in [5, 5.41) is 3.78. The minimum Gasteiger partial charge on any atom is -0.399 e. The maximum atomic E-state index is 11.7. The van der Waals surface area contributed by atoms with E-state index in [1.807, 2.05) is 18.2 Å². The molecule has 96 valence electrons. The Balaban J connectivity index is 1.84. The van der Waals surface area contributed by atoms with Crippen molar-refractivity contribution in [2.45, 2.75) is 0 Å². The van der Waals surface area contributed by atoms with Crippen LogP contribution in [0.25, 0.3) is 0 Å².